The van der Waals surface area contributed by atoms with Gasteiger partial charge in [-0.25, -0.2) is 9.37 Å². The molecule has 0 aliphatic carbocycles. The van der Waals surface area contributed by atoms with Crippen LogP contribution in [0.3, 0.4) is 0 Å². The lowest BCUT2D eigenvalue weighted by atomic mass is 9.88. The van der Waals surface area contributed by atoms with Gasteiger partial charge in [0, 0.05) is 5.92 Å². The number of hydrogen-bond acceptors (Lipinski definition) is 4. The summed E-state index contributed by atoms with van der Waals surface area (Å²) in [5.41, 5.74) is 5.59. The van der Waals surface area contributed by atoms with Gasteiger partial charge in [0.25, 0.3) is 5.91 Å². The Morgan fingerprint density at radius 2 is 1.91 bits per heavy atom. The zero-order valence-corrected chi connectivity index (χ0v) is 18.6. The smallest absolute Gasteiger partial charge is 0.254 e. The Labute approximate surface area is 192 Å². The zero-order valence-electron chi connectivity index (χ0n) is 18.6. The van der Waals surface area contributed by atoms with Crippen LogP contribution in [-0.4, -0.2) is 38.7 Å². The quantitative estimate of drug-likeness (QED) is 0.337. The Morgan fingerprint density at radius 3 is 2.61 bits per heavy atom. The topological polar surface area (TPSA) is 121 Å². The van der Waals surface area contributed by atoms with Crippen LogP contribution in [0.5, 0.6) is 0 Å². The standard InChI is InChI=1S/C25H30FN4O3/c1-25(26,24(27)33)14-13-18(15-19(31)12-11-17-7-3-2-4-8-17)23(32)28-16-22-29-20-9-5-6-10-21(20)30-22/h2-10,12,18-19,31H,11,13-16H2,1H3,(H2,27,33)(H,28,32)(H,29,30)/t18-,19+,25?/m1/s1. The number of fused-ring (bicyclic) bond motifs is 1. The van der Waals surface area contributed by atoms with Crippen molar-refractivity contribution < 1.29 is 19.1 Å². The Hall–Kier alpha value is -3.26. The lowest BCUT2D eigenvalue weighted by molar-refractivity contribution is -0.131. The first-order valence-electron chi connectivity index (χ1n) is 11.0. The second kappa shape index (κ2) is 11.0. The van der Waals surface area contributed by atoms with E-state index in [1.165, 1.54) is 0 Å². The lowest BCUT2D eigenvalue weighted by Crippen LogP contribution is -2.39. The Bertz CT molecular complexity index is 1030. The molecule has 0 fully saturated rings. The van der Waals surface area contributed by atoms with Crippen molar-refractivity contribution in [2.24, 2.45) is 11.7 Å². The average Bonchev–Trinajstić information content (AvgIpc) is 3.22. The maximum absolute atomic E-state index is 14.4. The third-order valence-electron chi connectivity index (χ3n) is 5.71. The molecule has 1 radical (unpaired) electrons. The molecule has 0 bridgehead atoms. The first-order valence-corrected chi connectivity index (χ1v) is 11.0. The predicted octanol–water partition coefficient (Wildman–Crippen LogP) is 2.99. The number of carbonyl (C=O) groups excluding carboxylic acids is 2. The normalized spacial score (nSPS) is 15.0. The van der Waals surface area contributed by atoms with Gasteiger partial charge < -0.3 is 21.1 Å². The van der Waals surface area contributed by atoms with Gasteiger partial charge in [0.1, 0.15) is 5.82 Å². The van der Waals surface area contributed by atoms with Crippen LogP contribution in [0, 0.1) is 12.3 Å². The number of nitrogens with one attached hydrogen (secondary N) is 2. The van der Waals surface area contributed by atoms with E-state index in [9.17, 15) is 19.1 Å². The number of rotatable bonds is 12. The Balaban J connectivity index is 1.61. The Kier molecular flexibility index (Phi) is 8.16. The van der Waals surface area contributed by atoms with E-state index in [1.54, 1.807) is 6.42 Å². The van der Waals surface area contributed by atoms with Crippen LogP contribution in [0.1, 0.15) is 37.6 Å². The molecule has 1 unspecified atom stereocenters. The predicted molar refractivity (Wildman–Crippen MR) is 124 cm³/mol. The number of benzene rings is 2. The zero-order chi connectivity index (χ0) is 23.8. The molecule has 0 saturated carbocycles. The van der Waals surface area contributed by atoms with Crippen molar-refractivity contribution in [1.29, 1.82) is 0 Å². The van der Waals surface area contributed by atoms with E-state index in [1.807, 2.05) is 54.6 Å². The molecule has 8 heteroatoms. The van der Waals surface area contributed by atoms with Gasteiger partial charge in [-0.3, -0.25) is 9.59 Å². The molecule has 0 aliphatic rings. The van der Waals surface area contributed by atoms with Crippen molar-refractivity contribution in [2.45, 2.75) is 50.9 Å². The SMILES string of the molecule is CC(F)(CC[C@H](C[C@@H](O)[CH]Cc1ccccc1)C(=O)NCc1nc2ccccc2[nH]1)C(N)=O. The van der Waals surface area contributed by atoms with Gasteiger partial charge in [0.15, 0.2) is 5.67 Å². The van der Waals surface area contributed by atoms with Gasteiger partial charge in [0.2, 0.25) is 5.91 Å². The number of H-pyrrole nitrogens is 1. The molecule has 3 atom stereocenters. The van der Waals surface area contributed by atoms with Crippen molar-refractivity contribution in [3.63, 3.8) is 0 Å². The van der Waals surface area contributed by atoms with Gasteiger partial charge in [-0.05, 0) is 56.7 Å². The van der Waals surface area contributed by atoms with E-state index < -0.39 is 23.6 Å². The highest BCUT2D eigenvalue weighted by atomic mass is 19.1. The van der Waals surface area contributed by atoms with Gasteiger partial charge >= 0.3 is 0 Å². The number of halogens is 1. The summed E-state index contributed by atoms with van der Waals surface area (Å²) in [6.45, 7) is 1.27. The molecule has 2 amide bonds. The molecule has 7 nitrogen and oxygen atoms in total. The number of carbonyl (C=O) groups is 2. The molecule has 5 N–H and O–H groups in total. The van der Waals surface area contributed by atoms with Crippen LogP contribution in [0.25, 0.3) is 11.0 Å². The summed E-state index contributed by atoms with van der Waals surface area (Å²) >= 11 is 0. The molecule has 0 saturated heterocycles. The maximum Gasteiger partial charge on any atom is 0.254 e. The fourth-order valence-corrected chi connectivity index (χ4v) is 3.60. The second-order valence-corrected chi connectivity index (χ2v) is 8.44. The van der Waals surface area contributed by atoms with E-state index >= 15 is 0 Å². The first-order chi connectivity index (χ1) is 15.7. The van der Waals surface area contributed by atoms with Crippen LogP contribution in [-0.2, 0) is 22.6 Å². The monoisotopic (exact) mass is 453 g/mol. The van der Waals surface area contributed by atoms with Gasteiger partial charge in [0.05, 0.1) is 23.7 Å². The van der Waals surface area contributed by atoms with E-state index in [2.05, 4.69) is 15.3 Å². The first kappa shape index (κ1) is 24.4. The molecule has 0 spiro atoms. The van der Waals surface area contributed by atoms with Gasteiger partial charge in [-0.2, -0.15) is 0 Å². The number of hydrogen-bond donors (Lipinski definition) is 4. The molecule has 2 aromatic carbocycles. The second-order valence-electron chi connectivity index (χ2n) is 8.44. The number of nitrogens with zero attached hydrogens (tertiary/aromatic N) is 1. The summed E-state index contributed by atoms with van der Waals surface area (Å²) in [5.74, 6) is -1.53. The minimum absolute atomic E-state index is 0.0676. The number of imidazole rings is 1. The summed E-state index contributed by atoms with van der Waals surface area (Å²) < 4.78 is 14.4. The number of primary amides is 1. The number of para-hydroxylation sites is 2. The minimum Gasteiger partial charge on any atom is -0.393 e. The average molecular weight is 454 g/mol. The highest BCUT2D eigenvalue weighted by molar-refractivity contribution is 5.83. The van der Waals surface area contributed by atoms with Gasteiger partial charge in [-0.1, -0.05) is 42.5 Å². The molecular formula is C25H30FN4O3. The number of aliphatic hydroxyl groups is 1. The number of nitrogens with two attached hydrogens (primary N) is 1. The van der Waals surface area contributed by atoms with Crippen molar-refractivity contribution in [2.75, 3.05) is 0 Å². The van der Waals surface area contributed by atoms with Crippen molar-refractivity contribution in [3.8, 4) is 0 Å². The minimum atomic E-state index is -2.23. The molecule has 175 valence electrons. The molecular weight excluding hydrogens is 423 g/mol. The van der Waals surface area contributed by atoms with Crippen LogP contribution in [0.15, 0.2) is 54.6 Å². The summed E-state index contributed by atoms with van der Waals surface area (Å²) in [4.78, 5) is 31.8. The van der Waals surface area contributed by atoms with Crippen LogP contribution in [0.2, 0.25) is 0 Å². The third kappa shape index (κ3) is 7.12. The summed E-state index contributed by atoms with van der Waals surface area (Å²) in [6, 6.07) is 17.2. The van der Waals surface area contributed by atoms with Crippen LogP contribution < -0.4 is 11.1 Å². The summed E-state index contributed by atoms with van der Waals surface area (Å²) in [7, 11) is 0. The third-order valence-corrected chi connectivity index (χ3v) is 5.71. The van der Waals surface area contributed by atoms with Crippen LogP contribution >= 0.6 is 0 Å². The molecule has 3 aromatic rings. The van der Waals surface area contributed by atoms with Crippen LogP contribution in [0.4, 0.5) is 4.39 Å². The fraction of sp³-hybridized carbons (Fsp3) is 0.360. The number of amides is 2. The Morgan fingerprint density at radius 1 is 1.21 bits per heavy atom. The maximum atomic E-state index is 14.4. The molecule has 3 rings (SSSR count). The van der Waals surface area contributed by atoms with Crippen molar-refractivity contribution in [3.05, 3.63) is 72.4 Å². The largest absolute Gasteiger partial charge is 0.393 e. The number of alkyl halides is 1. The number of aromatic amines is 1. The van der Waals surface area contributed by atoms with E-state index in [-0.39, 0.29) is 31.7 Å². The number of aromatic nitrogens is 2. The van der Waals surface area contributed by atoms with E-state index in [4.69, 9.17) is 5.73 Å². The van der Waals surface area contributed by atoms with Gasteiger partial charge in [-0.15, -0.1) is 0 Å². The number of aliphatic hydroxyl groups excluding tert-OH is 1. The van der Waals surface area contributed by atoms with E-state index in [0.717, 1.165) is 23.5 Å². The lowest BCUT2D eigenvalue weighted by Gasteiger charge is -2.23. The molecule has 33 heavy (non-hydrogen) atoms. The highest BCUT2D eigenvalue weighted by Gasteiger charge is 2.33. The summed E-state index contributed by atoms with van der Waals surface area (Å²) in [5, 5.41) is 13.3. The molecule has 0 aliphatic heterocycles. The molecule has 1 heterocycles. The highest BCUT2D eigenvalue weighted by Crippen LogP contribution is 2.24. The van der Waals surface area contributed by atoms with Crippen molar-refractivity contribution in [1.82, 2.24) is 15.3 Å². The van der Waals surface area contributed by atoms with E-state index in [0.29, 0.717) is 12.2 Å². The summed E-state index contributed by atoms with van der Waals surface area (Å²) in [6.07, 6.45) is 1.35. The fourth-order valence-electron chi connectivity index (χ4n) is 3.60. The molecule has 1 aromatic heterocycles. The van der Waals surface area contributed by atoms with Crippen molar-refractivity contribution >= 4 is 22.8 Å².